The van der Waals surface area contributed by atoms with E-state index >= 15 is 0 Å². The van der Waals surface area contributed by atoms with Crippen molar-refractivity contribution in [1.29, 1.82) is 0 Å². The summed E-state index contributed by atoms with van der Waals surface area (Å²) in [6, 6.07) is 9.45. The van der Waals surface area contributed by atoms with E-state index in [9.17, 15) is 19.7 Å². The number of rotatable bonds is 4. The van der Waals surface area contributed by atoms with Gasteiger partial charge in [-0.2, -0.15) is 0 Å². The Morgan fingerprint density at radius 1 is 1.23 bits per heavy atom. The first-order chi connectivity index (χ1) is 14.8. The third-order valence-electron chi connectivity index (χ3n) is 5.43. The standard InChI is InChI=1S/C22H19BrN4O4/c1-12-19(22(29)26-18-10-7-14(23)11-24-18)20(13-5-8-15(9-6-13)27(30)31)21-16(25-12)3-2-4-17(21)28/h5-11,20,25H,2-4H2,1H3,(H,24,26,29). The third kappa shape index (κ3) is 4.13. The Morgan fingerprint density at radius 2 is 1.97 bits per heavy atom. The zero-order valence-corrected chi connectivity index (χ0v) is 18.2. The van der Waals surface area contributed by atoms with E-state index in [4.69, 9.17) is 0 Å². The molecule has 1 aromatic carbocycles. The number of carbonyl (C=O) groups excluding carboxylic acids is 2. The summed E-state index contributed by atoms with van der Waals surface area (Å²) < 4.78 is 0.784. The Labute approximate surface area is 186 Å². The molecule has 1 amide bonds. The van der Waals surface area contributed by atoms with Gasteiger partial charge < -0.3 is 10.6 Å². The van der Waals surface area contributed by atoms with Gasteiger partial charge in [0.15, 0.2) is 5.78 Å². The van der Waals surface area contributed by atoms with Gasteiger partial charge in [0.2, 0.25) is 0 Å². The van der Waals surface area contributed by atoms with Crippen LogP contribution >= 0.6 is 15.9 Å². The van der Waals surface area contributed by atoms with Crippen LogP contribution in [0.15, 0.2) is 69.6 Å². The van der Waals surface area contributed by atoms with Gasteiger partial charge in [-0.3, -0.25) is 19.7 Å². The van der Waals surface area contributed by atoms with E-state index in [1.165, 1.54) is 12.1 Å². The van der Waals surface area contributed by atoms with Crippen molar-refractivity contribution in [2.45, 2.75) is 32.1 Å². The number of aromatic nitrogens is 1. The second-order valence-electron chi connectivity index (χ2n) is 7.43. The number of nitrogens with one attached hydrogen (secondary N) is 2. The molecule has 2 heterocycles. The number of hydrogen-bond donors (Lipinski definition) is 2. The van der Waals surface area contributed by atoms with Crippen molar-refractivity contribution in [2.24, 2.45) is 0 Å². The Balaban J connectivity index is 1.77. The lowest BCUT2D eigenvalue weighted by Crippen LogP contribution is -2.35. The van der Waals surface area contributed by atoms with Crippen LogP contribution in [0.3, 0.4) is 0 Å². The molecule has 0 spiro atoms. The molecule has 8 nitrogen and oxygen atoms in total. The van der Waals surface area contributed by atoms with Gasteiger partial charge in [-0.15, -0.1) is 0 Å². The molecule has 0 saturated carbocycles. The molecule has 2 aromatic rings. The Bertz CT molecular complexity index is 1140. The predicted molar refractivity (Wildman–Crippen MR) is 118 cm³/mol. The highest BCUT2D eigenvalue weighted by Gasteiger charge is 2.38. The minimum absolute atomic E-state index is 0.0170. The summed E-state index contributed by atoms with van der Waals surface area (Å²) in [7, 11) is 0. The lowest BCUT2D eigenvalue weighted by atomic mass is 9.75. The Hall–Kier alpha value is -3.33. The highest BCUT2D eigenvalue weighted by atomic mass is 79.9. The van der Waals surface area contributed by atoms with Gasteiger partial charge in [0, 0.05) is 57.7 Å². The summed E-state index contributed by atoms with van der Waals surface area (Å²) in [4.78, 5) is 41.0. The summed E-state index contributed by atoms with van der Waals surface area (Å²) in [5, 5.41) is 17.1. The fourth-order valence-electron chi connectivity index (χ4n) is 4.04. The van der Waals surface area contributed by atoms with Crippen LogP contribution in [0, 0.1) is 10.1 Å². The normalized spacial score (nSPS) is 18.4. The molecule has 1 unspecified atom stereocenters. The van der Waals surface area contributed by atoms with Crippen LogP contribution in [-0.2, 0) is 9.59 Å². The zero-order valence-electron chi connectivity index (χ0n) is 16.6. The molecule has 1 aliphatic heterocycles. The lowest BCUT2D eigenvalue weighted by Gasteiger charge is -2.34. The summed E-state index contributed by atoms with van der Waals surface area (Å²) in [5.41, 5.74) is 3.02. The first-order valence-corrected chi connectivity index (χ1v) is 10.6. The number of non-ortho nitro benzene ring substituents is 1. The molecular formula is C22H19BrN4O4. The molecule has 0 saturated heterocycles. The fraction of sp³-hybridized carbons (Fsp3) is 0.227. The summed E-state index contributed by atoms with van der Waals surface area (Å²) in [5.74, 6) is -0.629. The minimum atomic E-state index is -0.611. The topological polar surface area (TPSA) is 114 Å². The summed E-state index contributed by atoms with van der Waals surface area (Å²) in [6.45, 7) is 1.80. The van der Waals surface area contributed by atoms with Crippen molar-refractivity contribution in [3.05, 3.63) is 85.3 Å². The van der Waals surface area contributed by atoms with E-state index in [1.54, 1.807) is 37.4 Å². The minimum Gasteiger partial charge on any atom is -0.362 e. The van der Waals surface area contributed by atoms with Crippen molar-refractivity contribution in [1.82, 2.24) is 10.3 Å². The van der Waals surface area contributed by atoms with Crippen molar-refractivity contribution < 1.29 is 14.5 Å². The Morgan fingerprint density at radius 3 is 2.61 bits per heavy atom. The molecule has 9 heteroatoms. The smallest absolute Gasteiger partial charge is 0.269 e. The first-order valence-electron chi connectivity index (χ1n) is 9.76. The van der Waals surface area contributed by atoms with Crippen molar-refractivity contribution in [3.8, 4) is 0 Å². The second kappa shape index (κ2) is 8.43. The highest BCUT2D eigenvalue weighted by Crippen LogP contribution is 2.42. The van der Waals surface area contributed by atoms with Gasteiger partial charge in [-0.05, 0) is 53.4 Å². The number of benzene rings is 1. The van der Waals surface area contributed by atoms with E-state index in [1.807, 2.05) is 0 Å². The second-order valence-corrected chi connectivity index (χ2v) is 8.35. The number of nitro groups is 1. The quantitative estimate of drug-likeness (QED) is 0.494. The maximum Gasteiger partial charge on any atom is 0.269 e. The van der Waals surface area contributed by atoms with Gasteiger partial charge in [0.25, 0.3) is 11.6 Å². The fourth-order valence-corrected chi connectivity index (χ4v) is 4.27. The number of amides is 1. The van der Waals surface area contributed by atoms with Crippen molar-refractivity contribution in [3.63, 3.8) is 0 Å². The van der Waals surface area contributed by atoms with Crippen LogP contribution < -0.4 is 10.6 Å². The van der Waals surface area contributed by atoms with Gasteiger partial charge in [-0.1, -0.05) is 12.1 Å². The molecule has 2 aliphatic rings. The van der Waals surface area contributed by atoms with Crippen LogP contribution in [0.5, 0.6) is 0 Å². The monoisotopic (exact) mass is 482 g/mol. The SMILES string of the molecule is CC1=C(C(=O)Nc2ccc(Br)cn2)C(c2ccc([N+](=O)[O-])cc2)C2=C(CCCC2=O)N1. The van der Waals surface area contributed by atoms with E-state index in [0.717, 1.165) is 16.6 Å². The summed E-state index contributed by atoms with van der Waals surface area (Å²) in [6.07, 6.45) is 3.45. The number of nitro benzene ring substituents is 1. The van der Waals surface area contributed by atoms with Gasteiger partial charge in [-0.25, -0.2) is 4.98 Å². The number of hydrogen-bond acceptors (Lipinski definition) is 6. The van der Waals surface area contributed by atoms with Crippen LogP contribution in [0.4, 0.5) is 11.5 Å². The van der Waals surface area contributed by atoms with Gasteiger partial charge >= 0.3 is 0 Å². The molecular weight excluding hydrogens is 464 g/mol. The largest absolute Gasteiger partial charge is 0.362 e. The van der Waals surface area contributed by atoms with Crippen molar-refractivity contribution >= 4 is 39.1 Å². The maximum atomic E-state index is 13.3. The molecule has 1 aliphatic carbocycles. The third-order valence-corrected chi connectivity index (χ3v) is 5.90. The maximum absolute atomic E-state index is 13.3. The number of halogens is 1. The molecule has 158 valence electrons. The number of anilines is 1. The van der Waals surface area contributed by atoms with Crippen LogP contribution in [0.1, 0.15) is 37.7 Å². The van der Waals surface area contributed by atoms with Gasteiger partial charge in [0.1, 0.15) is 5.82 Å². The highest BCUT2D eigenvalue weighted by molar-refractivity contribution is 9.10. The molecule has 1 aromatic heterocycles. The number of allylic oxidation sites excluding steroid dienone is 3. The molecule has 0 bridgehead atoms. The number of ketones is 1. The number of Topliss-reactive ketones (excluding diaryl/α,β-unsaturated/α-hetero) is 1. The molecule has 1 atom stereocenters. The van der Waals surface area contributed by atoms with Gasteiger partial charge in [0.05, 0.1) is 4.92 Å². The number of carbonyl (C=O) groups is 2. The zero-order chi connectivity index (χ0) is 22.1. The number of pyridine rings is 1. The van der Waals surface area contributed by atoms with E-state index in [2.05, 4.69) is 31.5 Å². The average molecular weight is 483 g/mol. The first kappa shape index (κ1) is 20.9. The lowest BCUT2D eigenvalue weighted by molar-refractivity contribution is -0.384. The summed E-state index contributed by atoms with van der Waals surface area (Å²) >= 11 is 3.31. The number of dihydropyridines is 1. The number of nitrogens with zero attached hydrogens (tertiary/aromatic N) is 2. The molecule has 31 heavy (non-hydrogen) atoms. The molecule has 0 radical (unpaired) electrons. The molecule has 2 N–H and O–H groups in total. The van der Waals surface area contributed by atoms with E-state index in [-0.39, 0.29) is 17.4 Å². The van der Waals surface area contributed by atoms with E-state index < -0.39 is 10.8 Å². The molecule has 4 rings (SSSR count). The van der Waals surface area contributed by atoms with Crippen LogP contribution in [0.25, 0.3) is 0 Å². The van der Waals surface area contributed by atoms with Crippen molar-refractivity contribution in [2.75, 3.05) is 5.32 Å². The average Bonchev–Trinajstić information content (AvgIpc) is 2.74. The van der Waals surface area contributed by atoms with Crippen LogP contribution in [0.2, 0.25) is 0 Å². The van der Waals surface area contributed by atoms with E-state index in [0.29, 0.717) is 41.1 Å². The van der Waals surface area contributed by atoms with Crippen LogP contribution in [-0.4, -0.2) is 21.6 Å². The predicted octanol–water partition coefficient (Wildman–Crippen LogP) is 4.36. The molecule has 0 fully saturated rings. The Kier molecular flexibility index (Phi) is 5.69.